The number of rotatable bonds is 2. The first-order valence-corrected chi connectivity index (χ1v) is 4.71. The Kier molecular flexibility index (Phi) is 3.25. The van der Waals surface area contributed by atoms with Gasteiger partial charge in [0.1, 0.15) is 10.9 Å². The highest BCUT2D eigenvalue weighted by atomic mass is 32.1. The van der Waals surface area contributed by atoms with Crippen molar-refractivity contribution in [3.8, 4) is 12.1 Å². The molecule has 1 aromatic heterocycles. The minimum absolute atomic E-state index is 0.401. The molecule has 1 aromatic rings. The van der Waals surface area contributed by atoms with Gasteiger partial charge in [-0.2, -0.15) is 10.5 Å². The predicted molar refractivity (Wildman–Crippen MR) is 52.9 cm³/mol. The van der Waals surface area contributed by atoms with Gasteiger partial charge in [0.25, 0.3) is 0 Å². The quantitative estimate of drug-likeness (QED) is 0.716. The second-order valence-electron chi connectivity index (χ2n) is 2.46. The fourth-order valence-corrected chi connectivity index (χ4v) is 1.74. The van der Waals surface area contributed by atoms with Crippen LogP contribution in [0.3, 0.4) is 0 Å². The van der Waals surface area contributed by atoms with Crippen LogP contribution in [-0.4, -0.2) is 0 Å². The van der Waals surface area contributed by atoms with Crippen molar-refractivity contribution >= 4 is 16.9 Å². The Morgan fingerprint density at radius 3 is 2.85 bits per heavy atom. The second kappa shape index (κ2) is 4.45. The van der Waals surface area contributed by atoms with Gasteiger partial charge in [0, 0.05) is 0 Å². The summed E-state index contributed by atoms with van der Waals surface area (Å²) in [6.45, 7) is 1.90. The number of hydrogen-bond donors (Lipinski definition) is 0. The van der Waals surface area contributed by atoms with Crippen molar-refractivity contribution in [2.75, 3.05) is 0 Å². The van der Waals surface area contributed by atoms with Gasteiger partial charge in [0.05, 0.1) is 12.5 Å². The van der Waals surface area contributed by atoms with Gasteiger partial charge in [-0.3, -0.25) is 0 Å². The van der Waals surface area contributed by atoms with Crippen LogP contribution in [0.15, 0.2) is 17.5 Å². The van der Waals surface area contributed by atoms with Gasteiger partial charge >= 0.3 is 0 Å². The summed E-state index contributed by atoms with van der Waals surface area (Å²) >= 11 is 1.41. The molecule has 0 amide bonds. The zero-order chi connectivity index (χ0) is 9.68. The molecular formula is C10H8N2S. The number of allylic oxidation sites excluding steroid dienone is 2. The molecule has 0 aliphatic carbocycles. The van der Waals surface area contributed by atoms with Crippen LogP contribution in [0.4, 0.5) is 0 Å². The summed E-state index contributed by atoms with van der Waals surface area (Å²) in [5, 5.41) is 19.1. The molecule has 0 aromatic carbocycles. The van der Waals surface area contributed by atoms with Crippen LogP contribution in [0.5, 0.6) is 0 Å². The summed E-state index contributed by atoms with van der Waals surface area (Å²) in [7, 11) is 0. The topological polar surface area (TPSA) is 47.6 Å². The Hall–Kier alpha value is -1.58. The molecule has 0 unspecified atom stereocenters. The summed E-state index contributed by atoms with van der Waals surface area (Å²) < 4.78 is 0. The first-order chi connectivity index (χ1) is 6.31. The molecule has 0 saturated heterocycles. The Morgan fingerprint density at radius 2 is 2.38 bits per heavy atom. The minimum Gasteiger partial charge on any atom is -0.198 e. The molecule has 1 rings (SSSR count). The van der Waals surface area contributed by atoms with Crippen molar-refractivity contribution < 1.29 is 0 Å². The highest BCUT2D eigenvalue weighted by molar-refractivity contribution is 7.10. The first-order valence-electron chi connectivity index (χ1n) is 3.83. The van der Waals surface area contributed by atoms with E-state index in [9.17, 15) is 0 Å². The molecule has 0 N–H and O–H groups in total. The van der Waals surface area contributed by atoms with Gasteiger partial charge in [0.2, 0.25) is 0 Å². The summed E-state index contributed by atoms with van der Waals surface area (Å²) in [5.41, 5.74) is 1.98. The SMILES string of the molecule is C/C=C(/CC#N)c1csc(C#N)c1. The number of nitrogens with zero attached hydrogens (tertiary/aromatic N) is 2. The first kappa shape index (κ1) is 9.51. The lowest BCUT2D eigenvalue weighted by Crippen LogP contribution is -1.78. The van der Waals surface area contributed by atoms with Crippen molar-refractivity contribution in [2.24, 2.45) is 0 Å². The van der Waals surface area contributed by atoms with Crippen molar-refractivity contribution in [3.05, 3.63) is 28.0 Å². The average Bonchev–Trinajstić information content (AvgIpc) is 2.62. The largest absolute Gasteiger partial charge is 0.198 e. The zero-order valence-electron chi connectivity index (χ0n) is 7.24. The molecule has 1 heterocycles. The molecular weight excluding hydrogens is 180 g/mol. The van der Waals surface area contributed by atoms with E-state index in [0.29, 0.717) is 11.3 Å². The maximum absolute atomic E-state index is 8.61. The lowest BCUT2D eigenvalue weighted by atomic mass is 10.1. The molecule has 0 fully saturated rings. The van der Waals surface area contributed by atoms with Crippen LogP contribution in [0, 0.1) is 22.7 Å². The van der Waals surface area contributed by atoms with Crippen molar-refractivity contribution in [2.45, 2.75) is 13.3 Å². The number of nitriles is 2. The maximum Gasteiger partial charge on any atom is 0.110 e. The van der Waals surface area contributed by atoms with Gasteiger partial charge in [0.15, 0.2) is 0 Å². The van der Waals surface area contributed by atoms with Crippen LogP contribution >= 0.6 is 11.3 Å². The summed E-state index contributed by atoms with van der Waals surface area (Å²) in [6.07, 6.45) is 2.31. The maximum atomic E-state index is 8.61. The van der Waals surface area contributed by atoms with E-state index in [1.165, 1.54) is 11.3 Å². The zero-order valence-corrected chi connectivity index (χ0v) is 8.06. The van der Waals surface area contributed by atoms with E-state index < -0.39 is 0 Å². The lowest BCUT2D eigenvalue weighted by molar-refractivity contribution is 1.35. The van der Waals surface area contributed by atoms with Crippen LogP contribution < -0.4 is 0 Å². The van der Waals surface area contributed by atoms with Gasteiger partial charge in [-0.25, -0.2) is 0 Å². The summed E-state index contributed by atoms with van der Waals surface area (Å²) in [6, 6.07) is 5.99. The van der Waals surface area contributed by atoms with E-state index >= 15 is 0 Å². The van der Waals surface area contributed by atoms with E-state index in [-0.39, 0.29) is 0 Å². The van der Waals surface area contributed by atoms with E-state index in [2.05, 4.69) is 12.1 Å². The summed E-state index contributed by atoms with van der Waals surface area (Å²) in [5.74, 6) is 0. The molecule has 64 valence electrons. The third-order valence-electron chi connectivity index (χ3n) is 1.70. The fourth-order valence-electron chi connectivity index (χ4n) is 1.02. The average molecular weight is 188 g/mol. The van der Waals surface area contributed by atoms with Crippen LogP contribution in [0.2, 0.25) is 0 Å². The Labute approximate surface area is 81.4 Å². The Morgan fingerprint density at radius 1 is 1.62 bits per heavy atom. The van der Waals surface area contributed by atoms with Gasteiger partial charge < -0.3 is 0 Å². The standard InChI is InChI=1S/C10H8N2S/c1-2-8(3-4-11)9-5-10(6-12)13-7-9/h2,5,7H,3H2,1H3/b8-2-. The van der Waals surface area contributed by atoms with E-state index in [4.69, 9.17) is 10.5 Å². The molecule has 13 heavy (non-hydrogen) atoms. The van der Waals surface area contributed by atoms with Crippen LogP contribution in [0.25, 0.3) is 5.57 Å². The molecule has 0 atom stereocenters. The smallest absolute Gasteiger partial charge is 0.110 e. The third-order valence-corrected chi connectivity index (χ3v) is 2.53. The van der Waals surface area contributed by atoms with Crippen molar-refractivity contribution in [3.63, 3.8) is 0 Å². The van der Waals surface area contributed by atoms with E-state index in [1.54, 1.807) is 0 Å². The molecule has 0 bridgehead atoms. The molecule has 0 spiro atoms. The number of thiophene rings is 1. The van der Waals surface area contributed by atoms with Crippen LogP contribution in [-0.2, 0) is 0 Å². The Bertz CT molecular complexity index is 401. The molecule has 0 aliphatic heterocycles. The van der Waals surface area contributed by atoms with Gasteiger partial charge in [-0.05, 0) is 29.5 Å². The minimum atomic E-state index is 0.401. The third kappa shape index (κ3) is 2.18. The molecule has 0 saturated carbocycles. The van der Waals surface area contributed by atoms with Crippen molar-refractivity contribution in [1.82, 2.24) is 0 Å². The molecule has 3 heteroatoms. The second-order valence-corrected chi connectivity index (χ2v) is 3.37. The lowest BCUT2D eigenvalue weighted by Gasteiger charge is -1.95. The van der Waals surface area contributed by atoms with Crippen molar-refractivity contribution in [1.29, 1.82) is 10.5 Å². The normalized spacial score (nSPS) is 10.5. The molecule has 0 radical (unpaired) electrons. The predicted octanol–water partition coefficient (Wildman–Crippen LogP) is 2.94. The van der Waals surface area contributed by atoms with Gasteiger partial charge in [-0.1, -0.05) is 6.08 Å². The monoisotopic (exact) mass is 188 g/mol. The molecule has 0 aliphatic rings. The highest BCUT2D eigenvalue weighted by Crippen LogP contribution is 2.23. The fraction of sp³-hybridized carbons (Fsp3) is 0.200. The number of hydrogen-bond acceptors (Lipinski definition) is 3. The Balaban J connectivity index is 2.96. The van der Waals surface area contributed by atoms with Gasteiger partial charge in [-0.15, -0.1) is 11.3 Å². The van der Waals surface area contributed by atoms with E-state index in [1.807, 2.05) is 24.4 Å². The summed E-state index contributed by atoms with van der Waals surface area (Å²) in [4.78, 5) is 0.687. The highest BCUT2D eigenvalue weighted by Gasteiger charge is 2.03. The van der Waals surface area contributed by atoms with E-state index in [0.717, 1.165) is 11.1 Å². The molecule has 2 nitrogen and oxygen atoms in total. The van der Waals surface area contributed by atoms with Crippen LogP contribution in [0.1, 0.15) is 23.8 Å².